The van der Waals surface area contributed by atoms with Crippen molar-refractivity contribution >= 4 is 5.78 Å². The first kappa shape index (κ1) is 15.5. The monoisotopic (exact) mass is 280 g/mol. The zero-order chi connectivity index (χ0) is 15.2. The highest BCUT2D eigenvalue weighted by Gasteiger charge is 2.11. The largest absolute Gasteiger partial charge is 0.295 e. The fourth-order valence-electron chi connectivity index (χ4n) is 2.73. The Balaban J connectivity index is 2.38. The topological polar surface area (TPSA) is 17.1 Å². The summed E-state index contributed by atoms with van der Waals surface area (Å²) in [7, 11) is 0. The summed E-state index contributed by atoms with van der Waals surface area (Å²) < 4.78 is 0. The second-order valence-electron chi connectivity index (χ2n) is 5.75. The zero-order valence-electron chi connectivity index (χ0n) is 13.3. The van der Waals surface area contributed by atoms with Crippen molar-refractivity contribution in [2.75, 3.05) is 0 Å². The van der Waals surface area contributed by atoms with Crippen LogP contribution in [0.25, 0.3) is 0 Å². The number of hydrogen-bond acceptors (Lipinski definition) is 1. The minimum atomic E-state index is 0.167. The highest BCUT2D eigenvalue weighted by Crippen LogP contribution is 2.22. The van der Waals surface area contributed by atoms with E-state index in [0.717, 1.165) is 24.0 Å². The normalized spacial score (nSPS) is 10.6. The van der Waals surface area contributed by atoms with Crippen LogP contribution >= 0.6 is 0 Å². The van der Waals surface area contributed by atoms with E-state index < -0.39 is 0 Å². The van der Waals surface area contributed by atoms with Gasteiger partial charge < -0.3 is 0 Å². The van der Waals surface area contributed by atoms with Gasteiger partial charge in [0.15, 0.2) is 5.78 Å². The van der Waals surface area contributed by atoms with Crippen LogP contribution in [0.3, 0.4) is 0 Å². The van der Waals surface area contributed by atoms with Crippen LogP contribution < -0.4 is 0 Å². The first-order chi connectivity index (χ1) is 10.1. The lowest BCUT2D eigenvalue weighted by Crippen LogP contribution is -2.04. The quantitative estimate of drug-likeness (QED) is 0.670. The molecule has 21 heavy (non-hydrogen) atoms. The molecule has 110 valence electrons. The summed E-state index contributed by atoms with van der Waals surface area (Å²) in [5, 5.41) is 0. The number of benzene rings is 2. The Labute approximate surface area is 128 Å². The number of carbonyl (C=O) groups excluding carboxylic acids is 1. The van der Waals surface area contributed by atoms with Crippen LogP contribution in [0.5, 0.6) is 0 Å². The van der Waals surface area contributed by atoms with E-state index in [2.05, 4.69) is 50.2 Å². The molecule has 0 N–H and O–H groups in total. The van der Waals surface area contributed by atoms with E-state index in [1.54, 1.807) is 6.92 Å². The third kappa shape index (κ3) is 4.04. The number of Topliss-reactive ketones (excluding diaryl/α,β-unsaturated/α-hetero) is 1. The molecular formula is C20H24O. The Bertz CT molecular complexity index is 611. The van der Waals surface area contributed by atoms with Gasteiger partial charge in [-0.05, 0) is 61.4 Å². The summed E-state index contributed by atoms with van der Waals surface area (Å²) >= 11 is 0. The average molecular weight is 280 g/mol. The number of ketones is 1. The van der Waals surface area contributed by atoms with Crippen LogP contribution in [0.2, 0.25) is 0 Å². The standard InChI is InChI=1S/C20H24O/c1-4-5-9-18-13-19(12-17-10-7-6-8-11-17)15(2)20(14-18)16(3)21/h6-8,10-11,13-14H,4-5,9,12H2,1-3H3. The molecular weight excluding hydrogens is 256 g/mol. The number of rotatable bonds is 6. The predicted molar refractivity (Wildman–Crippen MR) is 89.0 cm³/mol. The molecule has 0 amide bonds. The van der Waals surface area contributed by atoms with Gasteiger partial charge in [0.1, 0.15) is 0 Å². The number of unbranched alkanes of at least 4 members (excludes halogenated alkanes) is 1. The molecule has 1 nitrogen and oxygen atoms in total. The van der Waals surface area contributed by atoms with Gasteiger partial charge in [-0.1, -0.05) is 49.7 Å². The molecule has 0 saturated carbocycles. The van der Waals surface area contributed by atoms with Gasteiger partial charge >= 0.3 is 0 Å². The van der Waals surface area contributed by atoms with E-state index in [0.29, 0.717) is 0 Å². The summed E-state index contributed by atoms with van der Waals surface area (Å²) in [5.41, 5.74) is 5.88. The van der Waals surface area contributed by atoms with E-state index in [1.807, 2.05) is 6.07 Å². The highest BCUT2D eigenvalue weighted by molar-refractivity contribution is 5.96. The van der Waals surface area contributed by atoms with Gasteiger partial charge in [-0.15, -0.1) is 0 Å². The molecule has 0 heterocycles. The van der Waals surface area contributed by atoms with Crippen LogP contribution in [0.1, 0.15) is 59.3 Å². The molecule has 0 fully saturated rings. The Hall–Kier alpha value is -1.89. The van der Waals surface area contributed by atoms with E-state index in [1.165, 1.54) is 29.5 Å². The van der Waals surface area contributed by atoms with Gasteiger partial charge in [-0.3, -0.25) is 4.79 Å². The molecule has 0 unspecified atom stereocenters. The van der Waals surface area contributed by atoms with Crippen molar-refractivity contribution in [3.05, 3.63) is 70.3 Å². The van der Waals surface area contributed by atoms with Crippen LogP contribution in [0, 0.1) is 6.92 Å². The number of carbonyl (C=O) groups is 1. The second-order valence-corrected chi connectivity index (χ2v) is 5.75. The molecule has 0 spiro atoms. The fraction of sp³-hybridized carbons (Fsp3) is 0.350. The summed E-state index contributed by atoms with van der Waals surface area (Å²) in [6.07, 6.45) is 4.30. The molecule has 0 radical (unpaired) electrons. The molecule has 1 heteroatoms. The predicted octanol–water partition coefficient (Wildman–Crippen LogP) is 5.13. The first-order valence-corrected chi connectivity index (χ1v) is 7.79. The van der Waals surface area contributed by atoms with Crippen molar-refractivity contribution in [2.24, 2.45) is 0 Å². The van der Waals surface area contributed by atoms with Crippen molar-refractivity contribution < 1.29 is 4.79 Å². The molecule has 2 aromatic carbocycles. The molecule has 0 aliphatic heterocycles. The molecule has 0 saturated heterocycles. The Morgan fingerprint density at radius 1 is 1.05 bits per heavy atom. The van der Waals surface area contributed by atoms with E-state index in [-0.39, 0.29) is 5.78 Å². The average Bonchev–Trinajstić information content (AvgIpc) is 2.48. The third-order valence-electron chi connectivity index (χ3n) is 4.01. The van der Waals surface area contributed by atoms with E-state index in [4.69, 9.17) is 0 Å². The maximum Gasteiger partial charge on any atom is 0.160 e. The maximum atomic E-state index is 11.9. The summed E-state index contributed by atoms with van der Waals surface area (Å²) in [5.74, 6) is 0.167. The highest BCUT2D eigenvalue weighted by atomic mass is 16.1. The van der Waals surface area contributed by atoms with Gasteiger partial charge in [0.2, 0.25) is 0 Å². The number of aryl methyl sites for hydroxylation is 1. The van der Waals surface area contributed by atoms with Gasteiger partial charge in [-0.2, -0.15) is 0 Å². The summed E-state index contributed by atoms with van der Waals surface area (Å²) in [6, 6.07) is 14.8. The lowest BCUT2D eigenvalue weighted by atomic mass is 9.91. The molecule has 0 aliphatic carbocycles. The number of hydrogen-bond donors (Lipinski definition) is 0. The van der Waals surface area contributed by atoms with Gasteiger partial charge in [-0.25, -0.2) is 0 Å². The van der Waals surface area contributed by atoms with Crippen LogP contribution in [-0.2, 0) is 12.8 Å². The minimum Gasteiger partial charge on any atom is -0.295 e. The molecule has 2 aromatic rings. The molecule has 0 bridgehead atoms. The van der Waals surface area contributed by atoms with E-state index in [9.17, 15) is 4.79 Å². The van der Waals surface area contributed by atoms with Crippen molar-refractivity contribution in [3.63, 3.8) is 0 Å². The van der Waals surface area contributed by atoms with Crippen LogP contribution in [0.4, 0.5) is 0 Å². The summed E-state index contributed by atoms with van der Waals surface area (Å²) in [4.78, 5) is 11.9. The molecule has 2 rings (SSSR count). The SMILES string of the molecule is CCCCc1cc(Cc2ccccc2)c(C)c(C(C)=O)c1. The van der Waals surface area contributed by atoms with Crippen molar-refractivity contribution in [1.82, 2.24) is 0 Å². The smallest absolute Gasteiger partial charge is 0.160 e. The van der Waals surface area contributed by atoms with Gasteiger partial charge in [0, 0.05) is 5.56 Å². The van der Waals surface area contributed by atoms with Gasteiger partial charge in [0.25, 0.3) is 0 Å². The molecule has 0 aliphatic rings. The van der Waals surface area contributed by atoms with Crippen LogP contribution in [-0.4, -0.2) is 5.78 Å². The van der Waals surface area contributed by atoms with Gasteiger partial charge in [0.05, 0.1) is 0 Å². The second kappa shape index (κ2) is 7.21. The van der Waals surface area contributed by atoms with Crippen molar-refractivity contribution in [1.29, 1.82) is 0 Å². The molecule has 0 atom stereocenters. The van der Waals surface area contributed by atoms with Crippen LogP contribution in [0.15, 0.2) is 42.5 Å². The summed E-state index contributed by atoms with van der Waals surface area (Å²) in [6.45, 7) is 5.93. The molecule has 0 aromatic heterocycles. The third-order valence-corrected chi connectivity index (χ3v) is 4.01. The van der Waals surface area contributed by atoms with E-state index >= 15 is 0 Å². The lowest BCUT2D eigenvalue weighted by Gasteiger charge is -2.13. The maximum absolute atomic E-state index is 11.9. The lowest BCUT2D eigenvalue weighted by molar-refractivity contribution is 0.101. The van der Waals surface area contributed by atoms with Crippen molar-refractivity contribution in [3.8, 4) is 0 Å². The minimum absolute atomic E-state index is 0.167. The first-order valence-electron chi connectivity index (χ1n) is 7.79. The Kier molecular flexibility index (Phi) is 5.32. The van der Waals surface area contributed by atoms with Crippen molar-refractivity contribution in [2.45, 2.75) is 46.5 Å². The Morgan fingerprint density at radius 2 is 1.76 bits per heavy atom. The fourth-order valence-corrected chi connectivity index (χ4v) is 2.73. The Morgan fingerprint density at radius 3 is 2.38 bits per heavy atom. The zero-order valence-corrected chi connectivity index (χ0v) is 13.3.